The van der Waals surface area contributed by atoms with E-state index in [-0.39, 0.29) is 5.91 Å². The van der Waals surface area contributed by atoms with Gasteiger partial charge in [0.05, 0.1) is 17.8 Å². The molecule has 0 aliphatic rings. The molecule has 1 amide bonds. The number of rotatable bonds is 4. The second-order valence-corrected chi connectivity index (χ2v) is 5.69. The molecule has 0 saturated carbocycles. The smallest absolute Gasteiger partial charge is 0.255 e. The Balaban J connectivity index is 2.07. The molecule has 5 heteroatoms. The van der Waals surface area contributed by atoms with Crippen molar-refractivity contribution >= 4 is 22.9 Å². The number of hydrogen-bond donors (Lipinski definition) is 2. The van der Waals surface area contributed by atoms with E-state index in [2.05, 4.69) is 28.6 Å². The fourth-order valence-electron chi connectivity index (χ4n) is 1.79. The van der Waals surface area contributed by atoms with Crippen molar-refractivity contribution in [3.63, 3.8) is 0 Å². The van der Waals surface area contributed by atoms with Crippen molar-refractivity contribution in [3.05, 3.63) is 45.4 Å². The van der Waals surface area contributed by atoms with E-state index in [9.17, 15) is 4.79 Å². The molecular formula is C14H17N3OS. The lowest BCUT2D eigenvalue weighted by Gasteiger charge is -2.09. The average molecular weight is 275 g/mol. The molecule has 0 fully saturated rings. The van der Waals surface area contributed by atoms with Gasteiger partial charge in [-0.05, 0) is 32.0 Å². The maximum atomic E-state index is 12.1. The number of thiophene rings is 1. The quantitative estimate of drug-likeness (QED) is 0.902. The summed E-state index contributed by atoms with van der Waals surface area (Å²) in [7, 11) is 1.80. The van der Waals surface area contributed by atoms with Crippen molar-refractivity contribution in [2.45, 2.75) is 20.4 Å². The van der Waals surface area contributed by atoms with E-state index >= 15 is 0 Å². The Labute approximate surface area is 116 Å². The van der Waals surface area contributed by atoms with Crippen LogP contribution in [-0.4, -0.2) is 17.9 Å². The summed E-state index contributed by atoms with van der Waals surface area (Å²) >= 11 is 1.69. The molecule has 0 spiro atoms. The third-order valence-electron chi connectivity index (χ3n) is 2.77. The lowest BCUT2D eigenvalue weighted by molar-refractivity contribution is 0.0952. The van der Waals surface area contributed by atoms with Crippen LogP contribution in [0.5, 0.6) is 0 Å². The van der Waals surface area contributed by atoms with Gasteiger partial charge >= 0.3 is 0 Å². The molecule has 0 aliphatic carbocycles. The Morgan fingerprint density at radius 3 is 2.79 bits per heavy atom. The average Bonchev–Trinajstić information content (AvgIpc) is 2.81. The molecular weight excluding hydrogens is 258 g/mol. The summed E-state index contributed by atoms with van der Waals surface area (Å²) in [4.78, 5) is 18.7. The maximum absolute atomic E-state index is 12.1. The van der Waals surface area contributed by atoms with Gasteiger partial charge in [0, 0.05) is 28.7 Å². The topological polar surface area (TPSA) is 54.0 Å². The SMILES string of the molecule is CNc1cc(C)ncc1C(=O)NCc1ccc(C)s1. The van der Waals surface area contributed by atoms with Crippen LogP contribution in [0.15, 0.2) is 24.4 Å². The van der Waals surface area contributed by atoms with Crippen molar-refractivity contribution in [1.29, 1.82) is 0 Å². The predicted molar refractivity (Wildman–Crippen MR) is 78.7 cm³/mol. The first kappa shape index (κ1) is 13.5. The van der Waals surface area contributed by atoms with Crippen molar-refractivity contribution in [1.82, 2.24) is 10.3 Å². The second kappa shape index (κ2) is 5.84. The molecule has 0 aromatic carbocycles. The van der Waals surface area contributed by atoms with Crippen molar-refractivity contribution in [3.8, 4) is 0 Å². The van der Waals surface area contributed by atoms with E-state index < -0.39 is 0 Å². The molecule has 0 aliphatic heterocycles. The lowest BCUT2D eigenvalue weighted by atomic mass is 10.2. The van der Waals surface area contributed by atoms with Crippen LogP contribution in [0, 0.1) is 13.8 Å². The largest absolute Gasteiger partial charge is 0.387 e. The summed E-state index contributed by atoms with van der Waals surface area (Å²) in [5.41, 5.74) is 2.25. The molecule has 19 heavy (non-hydrogen) atoms. The Morgan fingerprint density at radius 1 is 1.37 bits per heavy atom. The molecule has 0 saturated heterocycles. The Hall–Kier alpha value is -1.88. The van der Waals surface area contributed by atoms with Gasteiger partial charge in [-0.3, -0.25) is 9.78 Å². The Kier molecular flexibility index (Phi) is 4.16. The lowest BCUT2D eigenvalue weighted by Crippen LogP contribution is -2.23. The van der Waals surface area contributed by atoms with Gasteiger partial charge in [0.15, 0.2) is 0 Å². The Bertz CT molecular complexity index is 592. The number of carbonyl (C=O) groups is 1. The molecule has 2 aromatic heterocycles. The minimum absolute atomic E-state index is 0.108. The minimum atomic E-state index is -0.108. The van der Waals surface area contributed by atoms with Crippen LogP contribution in [0.25, 0.3) is 0 Å². The van der Waals surface area contributed by atoms with Crippen LogP contribution in [0.4, 0.5) is 5.69 Å². The van der Waals surface area contributed by atoms with Crippen LogP contribution >= 0.6 is 11.3 Å². The van der Waals surface area contributed by atoms with Gasteiger partial charge < -0.3 is 10.6 Å². The number of carbonyl (C=O) groups excluding carboxylic acids is 1. The highest BCUT2D eigenvalue weighted by molar-refractivity contribution is 7.11. The van der Waals surface area contributed by atoms with Crippen LogP contribution in [0.3, 0.4) is 0 Å². The van der Waals surface area contributed by atoms with Gasteiger partial charge in [-0.2, -0.15) is 0 Å². The molecule has 2 heterocycles. The fourth-order valence-corrected chi connectivity index (χ4v) is 2.62. The molecule has 2 rings (SSSR count). The van der Waals surface area contributed by atoms with E-state index in [0.29, 0.717) is 12.1 Å². The summed E-state index contributed by atoms with van der Waals surface area (Å²) in [6, 6.07) is 5.95. The molecule has 0 unspecified atom stereocenters. The second-order valence-electron chi connectivity index (χ2n) is 4.32. The highest BCUT2D eigenvalue weighted by Gasteiger charge is 2.11. The number of amides is 1. The van der Waals surface area contributed by atoms with E-state index in [1.165, 1.54) is 4.88 Å². The summed E-state index contributed by atoms with van der Waals surface area (Å²) in [6.07, 6.45) is 1.61. The zero-order valence-corrected chi connectivity index (χ0v) is 12.1. The van der Waals surface area contributed by atoms with Crippen LogP contribution in [0.2, 0.25) is 0 Å². The van der Waals surface area contributed by atoms with Crippen molar-refractivity contribution in [2.75, 3.05) is 12.4 Å². The number of hydrogen-bond acceptors (Lipinski definition) is 4. The van der Waals surface area contributed by atoms with E-state index in [1.54, 1.807) is 24.6 Å². The van der Waals surface area contributed by atoms with E-state index in [1.807, 2.05) is 19.1 Å². The summed E-state index contributed by atoms with van der Waals surface area (Å²) < 4.78 is 0. The summed E-state index contributed by atoms with van der Waals surface area (Å²) in [5.74, 6) is -0.108. The molecule has 100 valence electrons. The van der Waals surface area contributed by atoms with Gasteiger partial charge in [0.2, 0.25) is 0 Å². The standard InChI is InChI=1S/C14H17N3OS/c1-9-6-13(15-3)12(8-16-9)14(18)17-7-11-5-4-10(2)19-11/h4-6,8H,7H2,1-3H3,(H,15,16)(H,17,18). The van der Waals surface area contributed by atoms with Gasteiger partial charge in [-0.15, -0.1) is 11.3 Å². The van der Waals surface area contributed by atoms with Crippen LogP contribution in [0.1, 0.15) is 25.8 Å². The van der Waals surface area contributed by atoms with Crippen LogP contribution in [-0.2, 0) is 6.54 Å². The first-order chi connectivity index (χ1) is 9.10. The number of aromatic nitrogens is 1. The molecule has 0 radical (unpaired) electrons. The first-order valence-corrected chi connectivity index (χ1v) is 6.89. The van der Waals surface area contributed by atoms with Gasteiger partial charge in [-0.1, -0.05) is 0 Å². The molecule has 4 nitrogen and oxygen atoms in total. The van der Waals surface area contributed by atoms with Crippen molar-refractivity contribution in [2.24, 2.45) is 0 Å². The fraction of sp³-hybridized carbons (Fsp3) is 0.286. The highest BCUT2D eigenvalue weighted by Crippen LogP contribution is 2.17. The van der Waals surface area contributed by atoms with Crippen molar-refractivity contribution < 1.29 is 4.79 Å². The number of nitrogens with zero attached hydrogens (tertiary/aromatic N) is 1. The minimum Gasteiger partial charge on any atom is -0.387 e. The highest BCUT2D eigenvalue weighted by atomic mass is 32.1. The molecule has 0 atom stereocenters. The van der Waals surface area contributed by atoms with Crippen LogP contribution < -0.4 is 10.6 Å². The third-order valence-corrected chi connectivity index (χ3v) is 3.77. The molecule has 2 N–H and O–H groups in total. The number of pyridine rings is 1. The third kappa shape index (κ3) is 3.32. The van der Waals surface area contributed by atoms with Gasteiger partial charge in [0.25, 0.3) is 5.91 Å². The zero-order chi connectivity index (χ0) is 13.8. The Morgan fingerprint density at radius 2 is 2.16 bits per heavy atom. The van der Waals surface area contributed by atoms with Gasteiger partial charge in [0.1, 0.15) is 0 Å². The number of nitrogens with one attached hydrogen (secondary N) is 2. The summed E-state index contributed by atoms with van der Waals surface area (Å²) in [6.45, 7) is 4.50. The van der Waals surface area contributed by atoms with E-state index in [0.717, 1.165) is 16.3 Å². The summed E-state index contributed by atoms with van der Waals surface area (Å²) in [5, 5.41) is 5.94. The van der Waals surface area contributed by atoms with E-state index in [4.69, 9.17) is 0 Å². The first-order valence-electron chi connectivity index (χ1n) is 6.08. The normalized spacial score (nSPS) is 10.3. The number of anilines is 1. The predicted octanol–water partition coefficient (Wildman–Crippen LogP) is 2.73. The molecule has 2 aromatic rings. The number of aryl methyl sites for hydroxylation is 2. The van der Waals surface area contributed by atoms with Gasteiger partial charge in [-0.25, -0.2) is 0 Å². The molecule has 0 bridgehead atoms. The maximum Gasteiger partial charge on any atom is 0.255 e. The monoisotopic (exact) mass is 275 g/mol. The zero-order valence-electron chi connectivity index (χ0n) is 11.3.